The number of amides is 2. The van der Waals surface area contributed by atoms with Crippen LogP contribution in [-0.2, 0) is 9.59 Å². The Morgan fingerprint density at radius 1 is 1.07 bits per heavy atom. The molecule has 152 valence electrons. The van der Waals surface area contributed by atoms with Crippen molar-refractivity contribution < 1.29 is 19.1 Å². The van der Waals surface area contributed by atoms with Gasteiger partial charge in [0.2, 0.25) is 11.8 Å². The number of carbonyl (C=O) groups excluding carboxylic acids is 2. The first-order chi connectivity index (χ1) is 13.8. The van der Waals surface area contributed by atoms with Crippen molar-refractivity contribution >= 4 is 46.6 Å². The van der Waals surface area contributed by atoms with E-state index in [1.54, 1.807) is 69.8 Å². The third kappa shape index (κ3) is 6.32. The Kier molecular flexibility index (Phi) is 7.73. The minimum absolute atomic E-state index is 0.0849. The molecule has 0 radical (unpaired) electrons. The third-order valence-corrected chi connectivity index (χ3v) is 4.24. The summed E-state index contributed by atoms with van der Waals surface area (Å²) in [5.41, 5.74) is 2.14. The number of hydrogen-bond acceptors (Lipinski definition) is 5. The van der Waals surface area contributed by atoms with Crippen molar-refractivity contribution in [2.24, 2.45) is 0 Å². The molecule has 2 N–H and O–H groups in total. The second-order valence-corrected chi connectivity index (χ2v) is 6.43. The lowest BCUT2D eigenvalue weighted by molar-refractivity contribution is -0.116. The van der Waals surface area contributed by atoms with Crippen molar-refractivity contribution in [2.75, 3.05) is 31.5 Å². The predicted molar refractivity (Wildman–Crippen MR) is 118 cm³/mol. The van der Waals surface area contributed by atoms with E-state index in [9.17, 15) is 9.59 Å². The van der Waals surface area contributed by atoms with Crippen LogP contribution in [-0.4, -0.2) is 38.2 Å². The first-order valence-corrected chi connectivity index (χ1v) is 9.11. The van der Waals surface area contributed by atoms with Crippen LogP contribution in [0.2, 0.25) is 0 Å². The Morgan fingerprint density at radius 3 is 2.45 bits per heavy atom. The van der Waals surface area contributed by atoms with Crippen LogP contribution in [0.4, 0.5) is 11.4 Å². The molecule has 0 unspecified atom stereocenters. The summed E-state index contributed by atoms with van der Waals surface area (Å²) >= 11 is 5.18. The zero-order valence-electron chi connectivity index (χ0n) is 16.7. The summed E-state index contributed by atoms with van der Waals surface area (Å²) in [7, 11) is 4.79. The number of methoxy groups -OCH3 is 2. The van der Waals surface area contributed by atoms with E-state index in [0.717, 1.165) is 5.56 Å². The first kappa shape index (κ1) is 21.9. The van der Waals surface area contributed by atoms with E-state index in [1.165, 1.54) is 17.9 Å². The van der Waals surface area contributed by atoms with Crippen molar-refractivity contribution in [3.63, 3.8) is 0 Å². The highest BCUT2D eigenvalue weighted by molar-refractivity contribution is 7.80. The molecule has 0 aliphatic heterocycles. The fourth-order valence-electron chi connectivity index (χ4n) is 2.42. The van der Waals surface area contributed by atoms with Gasteiger partial charge in [0, 0.05) is 31.4 Å². The molecule has 8 heteroatoms. The Balaban J connectivity index is 1.97. The molecule has 0 aromatic heterocycles. The molecule has 2 amide bonds. The number of carbonyl (C=O) groups is 2. The fourth-order valence-corrected chi connectivity index (χ4v) is 2.64. The molecule has 0 aliphatic rings. The van der Waals surface area contributed by atoms with Crippen LogP contribution in [0, 0.1) is 0 Å². The number of nitrogens with one attached hydrogen (secondary N) is 2. The molecule has 0 saturated carbocycles. The van der Waals surface area contributed by atoms with Gasteiger partial charge in [-0.3, -0.25) is 14.9 Å². The van der Waals surface area contributed by atoms with Crippen molar-refractivity contribution in [1.82, 2.24) is 5.32 Å². The first-order valence-electron chi connectivity index (χ1n) is 8.70. The van der Waals surface area contributed by atoms with Gasteiger partial charge in [-0.1, -0.05) is 12.1 Å². The SMILES string of the molecule is COc1ccc(/C=C/C(=O)NC(=S)Nc2cccc(N(C)C(C)=O)c2)cc1OC. The molecule has 2 rings (SSSR count). The second-order valence-electron chi connectivity index (χ2n) is 6.02. The molecule has 0 spiro atoms. The number of nitrogens with zero attached hydrogens (tertiary/aromatic N) is 1. The molecule has 0 aliphatic carbocycles. The largest absolute Gasteiger partial charge is 0.493 e. The maximum Gasteiger partial charge on any atom is 0.250 e. The maximum absolute atomic E-state index is 12.1. The molecular weight excluding hydrogens is 390 g/mol. The Bertz CT molecular complexity index is 943. The van der Waals surface area contributed by atoms with E-state index in [-0.39, 0.29) is 16.9 Å². The fraction of sp³-hybridized carbons (Fsp3) is 0.190. The molecule has 0 bridgehead atoms. The van der Waals surface area contributed by atoms with E-state index in [2.05, 4.69) is 10.6 Å². The molecule has 0 fully saturated rings. The van der Waals surface area contributed by atoms with Gasteiger partial charge < -0.3 is 19.7 Å². The van der Waals surface area contributed by atoms with Gasteiger partial charge in [0.05, 0.1) is 14.2 Å². The van der Waals surface area contributed by atoms with E-state index >= 15 is 0 Å². The number of hydrogen-bond donors (Lipinski definition) is 2. The van der Waals surface area contributed by atoms with Gasteiger partial charge in [0.15, 0.2) is 16.6 Å². The summed E-state index contributed by atoms with van der Waals surface area (Å²) in [5, 5.41) is 5.66. The van der Waals surface area contributed by atoms with Crippen LogP contribution in [0.25, 0.3) is 6.08 Å². The van der Waals surface area contributed by atoms with Crippen LogP contribution < -0.4 is 25.0 Å². The number of benzene rings is 2. The van der Waals surface area contributed by atoms with Crippen molar-refractivity contribution in [1.29, 1.82) is 0 Å². The summed E-state index contributed by atoms with van der Waals surface area (Å²) < 4.78 is 10.4. The summed E-state index contributed by atoms with van der Waals surface area (Å²) in [4.78, 5) is 25.1. The summed E-state index contributed by atoms with van der Waals surface area (Å²) in [5.74, 6) is 0.715. The van der Waals surface area contributed by atoms with E-state index in [1.807, 2.05) is 0 Å². The van der Waals surface area contributed by atoms with Crippen molar-refractivity contribution in [2.45, 2.75) is 6.92 Å². The Morgan fingerprint density at radius 2 is 1.79 bits per heavy atom. The smallest absolute Gasteiger partial charge is 0.250 e. The maximum atomic E-state index is 12.1. The van der Waals surface area contributed by atoms with Crippen LogP contribution in [0.15, 0.2) is 48.5 Å². The van der Waals surface area contributed by atoms with Gasteiger partial charge >= 0.3 is 0 Å². The Hall–Kier alpha value is -3.39. The highest BCUT2D eigenvalue weighted by atomic mass is 32.1. The summed E-state index contributed by atoms with van der Waals surface area (Å²) in [6.45, 7) is 1.48. The van der Waals surface area contributed by atoms with Crippen LogP contribution in [0.1, 0.15) is 12.5 Å². The van der Waals surface area contributed by atoms with E-state index < -0.39 is 0 Å². The minimum Gasteiger partial charge on any atom is -0.493 e. The van der Waals surface area contributed by atoms with Crippen LogP contribution in [0.5, 0.6) is 11.5 Å². The molecule has 2 aromatic carbocycles. The second kappa shape index (κ2) is 10.2. The molecule has 0 saturated heterocycles. The molecule has 0 atom stereocenters. The van der Waals surface area contributed by atoms with Crippen LogP contribution >= 0.6 is 12.2 Å². The average Bonchev–Trinajstić information content (AvgIpc) is 2.71. The van der Waals surface area contributed by atoms with Crippen LogP contribution in [0.3, 0.4) is 0 Å². The highest BCUT2D eigenvalue weighted by Gasteiger charge is 2.08. The predicted octanol–water partition coefficient (Wildman–Crippen LogP) is 3.21. The van der Waals surface area contributed by atoms with Crippen molar-refractivity contribution in [3.05, 3.63) is 54.1 Å². The third-order valence-electron chi connectivity index (χ3n) is 4.04. The van der Waals surface area contributed by atoms with E-state index in [4.69, 9.17) is 21.7 Å². The number of anilines is 2. The summed E-state index contributed by atoms with van der Waals surface area (Å²) in [6.07, 6.45) is 3.01. The molecular formula is C21H23N3O4S. The highest BCUT2D eigenvalue weighted by Crippen LogP contribution is 2.27. The zero-order valence-corrected chi connectivity index (χ0v) is 17.5. The van der Waals surface area contributed by atoms with Gasteiger partial charge in [0.1, 0.15) is 0 Å². The minimum atomic E-state index is -0.380. The standard InChI is InChI=1S/C21H23N3O4S/c1-14(25)24(2)17-7-5-6-16(13-17)22-21(29)23-20(26)11-9-15-8-10-18(27-3)19(12-15)28-4/h5-13H,1-4H3,(H2,22,23,26,29)/b11-9+. The molecule has 0 heterocycles. The zero-order chi connectivity index (χ0) is 21.4. The lowest BCUT2D eigenvalue weighted by atomic mass is 10.2. The van der Waals surface area contributed by atoms with Gasteiger partial charge in [-0.15, -0.1) is 0 Å². The van der Waals surface area contributed by atoms with Gasteiger partial charge in [0.25, 0.3) is 0 Å². The lowest BCUT2D eigenvalue weighted by Crippen LogP contribution is -2.32. The quantitative estimate of drug-likeness (QED) is 0.559. The topological polar surface area (TPSA) is 79.9 Å². The number of thiocarbonyl (C=S) groups is 1. The number of ether oxygens (including phenoxy) is 2. The normalized spacial score (nSPS) is 10.3. The molecule has 2 aromatic rings. The van der Waals surface area contributed by atoms with E-state index in [0.29, 0.717) is 22.9 Å². The monoisotopic (exact) mass is 413 g/mol. The Labute approximate surface area is 175 Å². The lowest BCUT2D eigenvalue weighted by Gasteiger charge is -2.16. The van der Waals surface area contributed by atoms with Gasteiger partial charge in [-0.2, -0.15) is 0 Å². The molecule has 7 nitrogen and oxygen atoms in total. The summed E-state index contributed by atoms with van der Waals surface area (Å²) in [6, 6.07) is 12.5. The van der Waals surface area contributed by atoms with Gasteiger partial charge in [-0.25, -0.2) is 0 Å². The molecule has 29 heavy (non-hydrogen) atoms. The number of rotatable bonds is 6. The average molecular weight is 413 g/mol. The van der Waals surface area contributed by atoms with Gasteiger partial charge in [-0.05, 0) is 54.2 Å². The van der Waals surface area contributed by atoms with Crippen molar-refractivity contribution in [3.8, 4) is 11.5 Å².